The van der Waals surface area contributed by atoms with Crippen LogP contribution < -0.4 is 14.8 Å². The van der Waals surface area contributed by atoms with Crippen molar-refractivity contribution >= 4 is 11.7 Å². The fourth-order valence-corrected chi connectivity index (χ4v) is 2.48. The summed E-state index contributed by atoms with van der Waals surface area (Å²) in [5.41, 5.74) is 3.37. The van der Waals surface area contributed by atoms with Gasteiger partial charge in [0.05, 0.1) is 0 Å². The Balaban J connectivity index is 1.59. The summed E-state index contributed by atoms with van der Waals surface area (Å²) < 4.78 is 11.4. The molecule has 1 amide bonds. The van der Waals surface area contributed by atoms with Crippen LogP contribution in [0.25, 0.3) is 0 Å². The van der Waals surface area contributed by atoms with Crippen molar-refractivity contribution in [2.75, 3.05) is 11.9 Å². The van der Waals surface area contributed by atoms with E-state index in [9.17, 15) is 4.79 Å². The zero-order valence-corrected chi connectivity index (χ0v) is 15.4. The molecule has 0 bridgehead atoms. The topological polar surface area (TPSA) is 60.5 Å². The predicted octanol–water partition coefficient (Wildman–Crippen LogP) is 4.29. The van der Waals surface area contributed by atoms with Gasteiger partial charge >= 0.3 is 0 Å². The van der Waals surface area contributed by atoms with Crippen LogP contribution in [-0.2, 0) is 11.4 Å². The van der Waals surface area contributed by atoms with Gasteiger partial charge in [0.2, 0.25) is 0 Å². The van der Waals surface area contributed by atoms with Gasteiger partial charge in [-0.3, -0.25) is 4.79 Å². The first-order valence-corrected chi connectivity index (χ1v) is 8.73. The van der Waals surface area contributed by atoms with Crippen LogP contribution in [0.2, 0.25) is 0 Å². The molecule has 0 unspecified atom stereocenters. The molecule has 0 atom stereocenters. The standard InChI is InChI=1S/C22H22N2O3/c1-16-9-11-19(12-10-16)26-15-21(25)24-22-20(8-5-13-23-22)27-14-18-7-4-3-6-17(18)2/h3-13H,14-15H2,1-2H3,(H,23,24,25). The first-order valence-electron chi connectivity index (χ1n) is 8.73. The number of carbonyl (C=O) groups is 1. The van der Waals surface area contributed by atoms with Crippen LogP contribution in [-0.4, -0.2) is 17.5 Å². The molecule has 0 radical (unpaired) electrons. The Kier molecular flexibility index (Phi) is 6.05. The molecule has 3 rings (SSSR count). The number of hydrogen-bond acceptors (Lipinski definition) is 4. The van der Waals surface area contributed by atoms with Crippen molar-refractivity contribution in [3.8, 4) is 11.5 Å². The van der Waals surface area contributed by atoms with Crippen LogP contribution in [0.4, 0.5) is 5.82 Å². The van der Waals surface area contributed by atoms with E-state index in [1.54, 1.807) is 18.3 Å². The van der Waals surface area contributed by atoms with E-state index in [1.807, 2.05) is 62.4 Å². The molecular formula is C22H22N2O3. The van der Waals surface area contributed by atoms with E-state index in [0.717, 1.165) is 16.7 Å². The van der Waals surface area contributed by atoms with E-state index >= 15 is 0 Å². The summed E-state index contributed by atoms with van der Waals surface area (Å²) in [6.07, 6.45) is 1.61. The maximum Gasteiger partial charge on any atom is 0.263 e. The lowest BCUT2D eigenvalue weighted by Gasteiger charge is -2.13. The molecule has 5 nitrogen and oxygen atoms in total. The summed E-state index contributed by atoms with van der Waals surface area (Å²) in [5.74, 6) is 1.25. The summed E-state index contributed by atoms with van der Waals surface area (Å²) in [4.78, 5) is 16.4. The van der Waals surface area contributed by atoms with Crippen LogP contribution in [0.1, 0.15) is 16.7 Å². The van der Waals surface area contributed by atoms with Gasteiger partial charge in [-0.15, -0.1) is 0 Å². The highest BCUT2D eigenvalue weighted by Gasteiger charge is 2.10. The maximum atomic E-state index is 12.2. The summed E-state index contributed by atoms with van der Waals surface area (Å²) >= 11 is 0. The number of benzene rings is 2. The number of nitrogens with zero attached hydrogens (tertiary/aromatic N) is 1. The Morgan fingerprint density at radius 1 is 0.963 bits per heavy atom. The predicted molar refractivity (Wildman–Crippen MR) is 105 cm³/mol. The van der Waals surface area contributed by atoms with Gasteiger partial charge in [-0.25, -0.2) is 4.98 Å². The van der Waals surface area contributed by atoms with Gasteiger partial charge in [-0.1, -0.05) is 42.0 Å². The van der Waals surface area contributed by atoms with Gasteiger partial charge in [0.15, 0.2) is 18.2 Å². The fraction of sp³-hybridized carbons (Fsp3) is 0.182. The molecule has 5 heteroatoms. The smallest absolute Gasteiger partial charge is 0.263 e. The van der Waals surface area contributed by atoms with Crippen LogP contribution in [0, 0.1) is 13.8 Å². The molecular weight excluding hydrogens is 340 g/mol. The van der Waals surface area contributed by atoms with Crippen LogP contribution >= 0.6 is 0 Å². The highest BCUT2D eigenvalue weighted by atomic mass is 16.5. The molecule has 0 saturated heterocycles. The van der Waals surface area contributed by atoms with Crippen molar-refractivity contribution in [1.29, 1.82) is 0 Å². The molecule has 1 N–H and O–H groups in total. The minimum atomic E-state index is -0.296. The fourth-order valence-electron chi connectivity index (χ4n) is 2.48. The van der Waals surface area contributed by atoms with Crippen molar-refractivity contribution in [2.45, 2.75) is 20.5 Å². The Hall–Kier alpha value is -3.34. The van der Waals surface area contributed by atoms with Gasteiger partial charge in [0.25, 0.3) is 5.91 Å². The van der Waals surface area contributed by atoms with Crippen molar-refractivity contribution in [2.24, 2.45) is 0 Å². The number of ether oxygens (including phenoxy) is 2. The lowest BCUT2D eigenvalue weighted by atomic mass is 10.1. The minimum absolute atomic E-state index is 0.100. The van der Waals surface area contributed by atoms with Crippen LogP contribution in [0.5, 0.6) is 11.5 Å². The second kappa shape index (κ2) is 8.85. The molecule has 0 aliphatic carbocycles. The van der Waals surface area contributed by atoms with Gasteiger partial charge in [-0.2, -0.15) is 0 Å². The average molecular weight is 362 g/mol. The van der Waals surface area contributed by atoms with Gasteiger partial charge < -0.3 is 14.8 Å². The number of nitrogens with one attached hydrogen (secondary N) is 1. The number of hydrogen-bond donors (Lipinski definition) is 1. The first-order chi connectivity index (χ1) is 13.1. The third-order valence-electron chi connectivity index (χ3n) is 4.06. The molecule has 0 spiro atoms. The minimum Gasteiger partial charge on any atom is -0.485 e. The number of amides is 1. The number of anilines is 1. The lowest BCUT2D eigenvalue weighted by molar-refractivity contribution is -0.118. The Bertz CT molecular complexity index is 907. The number of aryl methyl sites for hydroxylation is 2. The van der Waals surface area contributed by atoms with Crippen LogP contribution in [0.15, 0.2) is 66.9 Å². The van der Waals surface area contributed by atoms with Crippen molar-refractivity contribution in [3.05, 3.63) is 83.6 Å². The molecule has 138 valence electrons. The van der Waals surface area contributed by atoms with Gasteiger partial charge in [-0.05, 0) is 49.2 Å². The molecule has 27 heavy (non-hydrogen) atoms. The molecule has 0 saturated carbocycles. The second-order valence-corrected chi connectivity index (χ2v) is 6.22. The number of pyridine rings is 1. The van der Waals surface area contributed by atoms with E-state index in [4.69, 9.17) is 9.47 Å². The number of aromatic nitrogens is 1. The highest BCUT2D eigenvalue weighted by Crippen LogP contribution is 2.23. The SMILES string of the molecule is Cc1ccc(OCC(=O)Nc2ncccc2OCc2ccccc2C)cc1. The summed E-state index contributed by atoms with van der Waals surface area (Å²) in [6, 6.07) is 19.1. The Morgan fingerprint density at radius 3 is 2.52 bits per heavy atom. The van der Waals surface area contributed by atoms with Gasteiger partial charge in [0.1, 0.15) is 12.4 Å². The number of carbonyl (C=O) groups excluding carboxylic acids is 1. The number of rotatable bonds is 7. The van der Waals surface area contributed by atoms with E-state index in [-0.39, 0.29) is 12.5 Å². The zero-order chi connectivity index (χ0) is 19.1. The molecule has 2 aromatic carbocycles. The summed E-state index contributed by atoms with van der Waals surface area (Å²) in [5, 5.41) is 2.74. The summed E-state index contributed by atoms with van der Waals surface area (Å²) in [7, 11) is 0. The monoisotopic (exact) mass is 362 g/mol. The van der Waals surface area contributed by atoms with Crippen molar-refractivity contribution in [3.63, 3.8) is 0 Å². The Morgan fingerprint density at radius 2 is 1.74 bits per heavy atom. The molecule has 0 aliphatic rings. The largest absolute Gasteiger partial charge is 0.485 e. The van der Waals surface area contributed by atoms with Crippen molar-refractivity contribution < 1.29 is 14.3 Å². The zero-order valence-electron chi connectivity index (χ0n) is 15.4. The lowest BCUT2D eigenvalue weighted by Crippen LogP contribution is -2.21. The molecule has 0 fully saturated rings. The highest BCUT2D eigenvalue weighted by molar-refractivity contribution is 5.92. The normalized spacial score (nSPS) is 10.3. The Labute approximate surface area is 159 Å². The van der Waals surface area contributed by atoms with E-state index < -0.39 is 0 Å². The van der Waals surface area contributed by atoms with Crippen LogP contribution in [0.3, 0.4) is 0 Å². The molecule has 0 aliphatic heterocycles. The van der Waals surface area contributed by atoms with Crippen molar-refractivity contribution in [1.82, 2.24) is 4.98 Å². The average Bonchev–Trinajstić information content (AvgIpc) is 2.68. The molecule has 1 heterocycles. The second-order valence-electron chi connectivity index (χ2n) is 6.22. The summed E-state index contributed by atoms with van der Waals surface area (Å²) in [6.45, 7) is 4.33. The first kappa shape index (κ1) is 18.5. The quantitative estimate of drug-likeness (QED) is 0.681. The molecule has 3 aromatic rings. The van der Waals surface area contributed by atoms with E-state index in [2.05, 4.69) is 10.3 Å². The van der Waals surface area contributed by atoms with E-state index in [0.29, 0.717) is 23.9 Å². The van der Waals surface area contributed by atoms with Gasteiger partial charge in [0, 0.05) is 6.20 Å². The third-order valence-corrected chi connectivity index (χ3v) is 4.06. The van der Waals surface area contributed by atoms with E-state index in [1.165, 1.54) is 0 Å². The molecule has 1 aromatic heterocycles. The third kappa shape index (κ3) is 5.31. The maximum absolute atomic E-state index is 12.2.